The molecule has 0 unspecified atom stereocenters. The van der Waals surface area contributed by atoms with Crippen LogP contribution in [0.2, 0.25) is 0 Å². The zero-order valence-corrected chi connectivity index (χ0v) is 13.8. The van der Waals surface area contributed by atoms with Crippen LogP contribution in [0.4, 0.5) is 11.4 Å². The summed E-state index contributed by atoms with van der Waals surface area (Å²) in [7, 11) is 0. The summed E-state index contributed by atoms with van der Waals surface area (Å²) in [6, 6.07) is 16.0. The fraction of sp³-hybridized carbons (Fsp3) is 0.200. The molecule has 0 aliphatic carbocycles. The number of nitrogens with one attached hydrogen (secondary N) is 2. The Morgan fingerprint density at radius 1 is 1.04 bits per heavy atom. The average Bonchev–Trinajstić information content (AvgIpc) is 2.62. The van der Waals surface area contributed by atoms with Gasteiger partial charge in [-0.15, -0.1) is 0 Å². The van der Waals surface area contributed by atoms with Crippen molar-refractivity contribution in [1.29, 1.82) is 5.26 Å². The Morgan fingerprint density at radius 2 is 1.71 bits per heavy atom. The van der Waals surface area contributed by atoms with Crippen LogP contribution < -0.4 is 10.9 Å². The second kappa shape index (κ2) is 6.59. The van der Waals surface area contributed by atoms with Gasteiger partial charge in [0.1, 0.15) is 11.6 Å². The molecular weight excluding hydrogens is 298 g/mol. The molecule has 3 aromatic rings. The topological polar surface area (TPSA) is 68.7 Å². The Morgan fingerprint density at radius 3 is 2.33 bits per heavy atom. The van der Waals surface area contributed by atoms with Gasteiger partial charge in [-0.1, -0.05) is 32.0 Å². The van der Waals surface area contributed by atoms with Crippen LogP contribution in [-0.4, -0.2) is 4.98 Å². The van der Waals surface area contributed by atoms with Gasteiger partial charge in [0.05, 0.1) is 11.2 Å². The number of hydrogen-bond acceptors (Lipinski definition) is 3. The first-order valence-corrected chi connectivity index (χ1v) is 8.11. The van der Waals surface area contributed by atoms with Crippen LogP contribution in [0, 0.1) is 11.3 Å². The molecule has 0 fully saturated rings. The molecule has 0 aliphatic rings. The van der Waals surface area contributed by atoms with Gasteiger partial charge in [0, 0.05) is 11.1 Å². The first-order valence-electron chi connectivity index (χ1n) is 8.11. The van der Waals surface area contributed by atoms with Crippen LogP contribution >= 0.6 is 0 Å². The third-order valence-corrected chi connectivity index (χ3v) is 4.23. The lowest BCUT2D eigenvalue weighted by Gasteiger charge is -2.13. The van der Waals surface area contributed by atoms with E-state index in [-0.39, 0.29) is 11.1 Å². The number of hydrogen-bond donors (Lipinski definition) is 2. The van der Waals surface area contributed by atoms with Gasteiger partial charge in [-0.05, 0) is 48.2 Å². The molecule has 2 N–H and O–H groups in total. The van der Waals surface area contributed by atoms with E-state index in [0.29, 0.717) is 5.69 Å². The summed E-state index contributed by atoms with van der Waals surface area (Å²) >= 11 is 0. The van der Waals surface area contributed by atoms with Crippen LogP contribution in [0.15, 0.2) is 47.3 Å². The number of anilines is 2. The van der Waals surface area contributed by atoms with Gasteiger partial charge in [-0.25, -0.2) is 0 Å². The number of aryl methyl sites for hydroxylation is 2. The third kappa shape index (κ3) is 2.89. The molecule has 24 heavy (non-hydrogen) atoms. The summed E-state index contributed by atoms with van der Waals surface area (Å²) in [5.41, 5.74) is 4.28. The molecular formula is C20H19N3O. The van der Waals surface area contributed by atoms with Crippen molar-refractivity contribution in [2.75, 3.05) is 5.32 Å². The molecule has 0 bridgehead atoms. The van der Waals surface area contributed by atoms with Crippen molar-refractivity contribution in [3.05, 3.63) is 69.5 Å². The summed E-state index contributed by atoms with van der Waals surface area (Å²) in [5.74, 6) is 0. The summed E-state index contributed by atoms with van der Waals surface area (Å²) in [5, 5.41) is 13.6. The van der Waals surface area contributed by atoms with E-state index in [1.807, 2.05) is 48.5 Å². The minimum atomic E-state index is -0.373. The van der Waals surface area contributed by atoms with Gasteiger partial charge >= 0.3 is 0 Å². The van der Waals surface area contributed by atoms with Crippen molar-refractivity contribution in [3.8, 4) is 6.07 Å². The van der Waals surface area contributed by atoms with Crippen LogP contribution in [-0.2, 0) is 12.8 Å². The van der Waals surface area contributed by atoms with Crippen LogP contribution in [0.5, 0.6) is 0 Å². The van der Waals surface area contributed by atoms with E-state index in [2.05, 4.69) is 24.1 Å². The van der Waals surface area contributed by atoms with Crippen molar-refractivity contribution in [2.45, 2.75) is 26.7 Å². The molecule has 3 rings (SSSR count). The van der Waals surface area contributed by atoms with Crippen LogP contribution in [0.1, 0.15) is 30.5 Å². The number of benzene rings is 2. The molecule has 120 valence electrons. The molecule has 0 saturated carbocycles. The molecule has 0 spiro atoms. The lowest BCUT2D eigenvalue weighted by Crippen LogP contribution is -2.13. The minimum Gasteiger partial charge on any atom is -0.354 e. The van der Waals surface area contributed by atoms with Gasteiger partial charge < -0.3 is 10.3 Å². The van der Waals surface area contributed by atoms with Gasteiger partial charge in [0.15, 0.2) is 0 Å². The molecule has 0 radical (unpaired) electrons. The summed E-state index contributed by atoms with van der Waals surface area (Å²) in [6.45, 7) is 4.18. The van der Waals surface area contributed by atoms with Gasteiger partial charge in [0.25, 0.3) is 5.56 Å². The Balaban J connectivity index is 2.19. The molecule has 4 heteroatoms. The second-order valence-corrected chi connectivity index (χ2v) is 5.72. The predicted molar refractivity (Wildman–Crippen MR) is 97.8 cm³/mol. The zero-order chi connectivity index (χ0) is 17.1. The number of aromatic nitrogens is 1. The van der Waals surface area contributed by atoms with E-state index in [1.54, 1.807) is 0 Å². The highest BCUT2D eigenvalue weighted by atomic mass is 16.1. The normalized spacial score (nSPS) is 10.5. The van der Waals surface area contributed by atoms with Crippen molar-refractivity contribution in [3.63, 3.8) is 0 Å². The molecule has 4 nitrogen and oxygen atoms in total. The Hall–Kier alpha value is -3.06. The van der Waals surface area contributed by atoms with Gasteiger partial charge in [-0.2, -0.15) is 5.26 Å². The first kappa shape index (κ1) is 15.8. The number of nitrogens with zero attached hydrogens (tertiary/aromatic N) is 1. The molecule has 1 heterocycles. The van der Waals surface area contributed by atoms with Crippen LogP contribution in [0.3, 0.4) is 0 Å². The SMILES string of the molecule is CCc1ccc(Nc2c(C#N)c(=O)[nH]c3ccc(CC)cc23)cc1. The summed E-state index contributed by atoms with van der Waals surface area (Å²) in [6.07, 6.45) is 1.86. The largest absolute Gasteiger partial charge is 0.354 e. The molecule has 0 aliphatic heterocycles. The van der Waals surface area contributed by atoms with E-state index in [0.717, 1.165) is 35.0 Å². The van der Waals surface area contributed by atoms with E-state index in [9.17, 15) is 10.1 Å². The minimum absolute atomic E-state index is 0.107. The maximum atomic E-state index is 12.2. The number of fused-ring (bicyclic) bond motifs is 1. The predicted octanol–water partition coefficient (Wildman–Crippen LogP) is 4.27. The maximum Gasteiger partial charge on any atom is 0.268 e. The molecule has 2 aromatic carbocycles. The highest BCUT2D eigenvalue weighted by molar-refractivity contribution is 5.96. The third-order valence-electron chi connectivity index (χ3n) is 4.23. The monoisotopic (exact) mass is 317 g/mol. The summed E-state index contributed by atoms with van der Waals surface area (Å²) < 4.78 is 0. The first-order chi connectivity index (χ1) is 11.7. The lowest BCUT2D eigenvalue weighted by atomic mass is 10.0. The van der Waals surface area contributed by atoms with Gasteiger partial charge in [-0.3, -0.25) is 4.79 Å². The smallest absolute Gasteiger partial charge is 0.268 e. The number of H-pyrrole nitrogens is 1. The second-order valence-electron chi connectivity index (χ2n) is 5.72. The fourth-order valence-electron chi connectivity index (χ4n) is 2.76. The maximum absolute atomic E-state index is 12.2. The van der Waals surface area contributed by atoms with E-state index in [4.69, 9.17) is 0 Å². The van der Waals surface area contributed by atoms with Crippen molar-refractivity contribution < 1.29 is 0 Å². The highest BCUT2D eigenvalue weighted by Crippen LogP contribution is 2.28. The number of nitriles is 1. The molecule has 0 saturated heterocycles. The number of aromatic amines is 1. The van der Waals surface area contributed by atoms with Crippen molar-refractivity contribution in [1.82, 2.24) is 4.98 Å². The zero-order valence-electron chi connectivity index (χ0n) is 13.8. The molecule has 0 atom stereocenters. The standard InChI is InChI=1S/C20H19N3O/c1-3-13-5-8-15(9-6-13)22-19-16-11-14(4-2)7-10-18(16)23-20(24)17(19)12-21/h5-11H,3-4H2,1-2H3,(H2,22,23,24). The molecule has 1 aromatic heterocycles. The Bertz CT molecular complexity index is 979. The van der Waals surface area contributed by atoms with E-state index >= 15 is 0 Å². The Kier molecular flexibility index (Phi) is 4.35. The van der Waals surface area contributed by atoms with Gasteiger partial charge in [0.2, 0.25) is 0 Å². The van der Waals surface area contributed by atoms with E-state index < -0.39 is 0 Å². The number of rotatable bonds is 4. The highest BCUT2D eigenvalue weighted by Gasteiger charge is 2.13. The van der Waals surface area contributed by atoms with Crippen LogP contribution in [0.25, 0.3) is 10.9 Å². The molecule has 0 amide bonds. The quantitative estimate of drug-likeness (QED) is 0.755. The summed E-state index contributed by atoms with van der Waals surface area (Å²) in [4.78, 5) is 15.0. The van der Waals surface area contributed by atoms with Crippen molar-refractivity contribution in [2.24, 2.45) is 0 Å². The average molecular weight is 317 g/mol. The van der Waals surface area contributed by atoms with E-state index in [1.165, 1.54) is 5.56 Å². The Labute approximate surface area is 140 Å². The number of pyridine rings is 1. The van der Waals surface area contributed by atoms with Crippen molar-refractivity contribution >= 4 is 22.3 Å². The lowest BCUT2D eigenvalue weighted by molar-refractivity contribution is 1.14. The fourth-order valence-corrected chi connectivity index (χ4v) is 2.76.